The van der Waals surface area contributed by atoms with Crippen LogP contribution < -0.4 is 15.8 Å². The number of halogens is 2. The topological polar surface area (TPSA) is 64.3 Å². The van der Waals surface area contributed by atoms with Gasteiger partial charge in [0.15, 0.2) is 0 Å². The Labute approximate surface area is 132 Å². The normalized spacial score (nSPS) is 10.2. The number of nitrogens with one attached hydrogen (secondary N) is 1. The monoisotopic (exact) mass is 324 g/mol. The standard InChI is InChI=1S/C15H14Cl2N2O2/c1-2-21-13-7-6-9(8-12(13)18)15(20)19-14-10(16)4-3-5-11(14)17/h3-8H,2,18H2,1H3,(H,19,20). The predicted molar refractivity (Wildman–Crippen MR) is 86.4 cm³/mol. The molecule has 0 unspecified atom stereocenters. The number of benzene rings is 2. The Morgan fingerprint density at radius 2 is 1.90 bits per heavy atom. The van der Waals surface area contributed by atoms with Crippen LogP contribution in [0, 0.1) is 0 Å². The van der Waals surface area contributed by atoms with Crippen molar-refractivity contribution in [3.8, 4) is 5.75 Å². The number of para-hydroxylation sites is 1. The van der Waals surface area contributed by atoms with Crippen molar-refractivity contribution in [1.82, 2.24) is 0 Å². The molecule has 4 nitrogen and oxygen atoms in total. The molecule has 0 aliphatic carbocycles. The highest BCUT2D eigenvalue weighted by atomic mass is 35.5. The molecule has 110 valence electrons. The van der Waals surface area contributed by atoms with E-state index in [0.29, 0.717) is 39.3 Å². The Kier molecular flexibility index (Phi) is 4.94. The molecule has 6 heteroatoms. The highest BCUT2D eigenvalue weighted by Gasteiger charge is 2.13. The second kappa shape index (κ2) is 6.70. The van der Waals surface area contributed by atoms with E-state index in [4.69, 9.17) is 33.7 Å². The van der Waals surface area contributed by atoms with E-state index in [9.17, 15) is 4.79 Å². The largest absolute Gasteiger partial charge is 0.492 e. The number of carbonyl (C=O) groups is 1. The van der Waals surface area contributed by atoms with Gasteiger partial charge in [0.05, 0.1) is 28.0 Å². The number of hydrogen-bond acceptors (Lipinski definition) is 3. The maximum Gasteiger partial charge on any atom is 0.255 e. The Morgan fingerprint density at radius 3 is 2.48 bits per heavy atom. The smallest absolute Gasteiger partial charge is 0.255 e. The minimum Gasteiger partial charge on any atom is -0.492 e. The van der Waals surface area contributed by atoms with Crippen LogP contribution in [0.2, 0.25) is 10.0 Å². The third-order valence-corrected chi connectivity index (χ3v) is 3.40. The van der Waals surface area contributed by atoms with Crippen LogP contribution in [0.1, 0.15) is 17.3 Å². The third kappa shape index (κ3) is 3.60. The summed E-state index contributed by atoms with van der Waals surface area (Å²) in [6, 6.07) is 9.83. The molecule has 2 aromatic rings. The summed E-state index contributed by atoms with van der Waals surface area (Å²) in [6.45, 7) is 2.37. The van der Waals surface area contributed by atoms with Crippen LogP contribution in [0.3, 0.4) is 0 Å². The molecule has 1 amide bonds. The zero-order valence-corrected chi connectivity index (χ0v) is 12.8. The Morgan fingerprint density at radius 1 is 1.24 bits per heavy atom. The van der Waals surface area contributed by atoms with E-state index in [1.165, 1.54) is 0 Å². The van der Waals surface area contributed by atoms with Gasteiger partial charge in [-0.2, -0.15) is 0 Å². The quantitative estimate of drug-likeness (QED) is 0.827. The van der Waals surface area contributed by atoms with Gasteiger partial charge in [0, 0.05) is 5.56 Å². The number of rotatable bonds is 4. The molecule has 0 atom stereocenters. The van der Waals surface area contributed by atoms with Crippen molar-refractivity contribution in [3.05, 3.63) is 52.0 Å². The van der Waals surface area contributed by atoms with Crippen LogP contribution in [0.15, 0.2) is 36.4 Å². The SMILES string of the molecule is CCOc1ccc(C(=O)Nc2c(Cl)cccc2Cl)cc1N. The Balaban J connectivity index is 2.23. The van der Waals surface area contributed by atoms with Crippen molar-refractivity contribution in [2.75, 3.05) is 17.7 Å². The number of nitrogen functional groups attached to an aromatic ring is 1. The van der Waals surface area contributed by atoms with E-state index in [2.05, 4.69) is 5.32 Å². The van der Waals surface area contributed by atoms with E-state index < -0.39 is 0 Å². The average Bonchev–Trinajstić information content (AvgIpc) is 2.45. The molecule has 3 N–H and O–H groups in total. The number of amides is 1. The van der Waals surface area contributed by atoms with Crippen molar-refractivity contribution < 1.29 is 9.53 Å². The fourth-order valence-electron chi connectivity index (χ4n) is 1.78. The molecule has 0 aliphatic rings. The number of nitrogens with two attached hydrogens (primary N) is 1. The molecule has 2 aromatic carbocycles. The van der Waals surface area contributed by atoms with Gasteiger partial charge >= 0.3 is 0 Å². The van der Waals surface area contributed by atoms with Gasteiger partial charge in [-0.15, -0.1) is 0 Å². The molecule has 2 rings (SSSR count). The van der Waals surface area contributed by atoms with Crippen LogP contribution in [0.4, 0.5) is 11.4 Å². The fourth-order valence-corrected chi connectivity index (χ4v) is 2.27. The minimum absolute atomic E-state index is 0.347. The van der Waals surface area contributed by atoms with Crippen LogP contribution in [0.25, 0.3) is 0 Å². The average molecular weight is 325 g/mol. The first-order valence-corrected chi connectivity index (χ1v) is 7.06. The maximum atomic E-state index is 12.2. The molecule has 0 saturated heterocycles. The minimum atomic E-state index is -0.347. The molecular formula is C15H14Cl2N2O2. The zero-order chi connectivity index (χ0) is 15.4. The lowest BCUT2D eigenvalue weighted by atomic mass is 10.1. The highest BCUT2D eigenvalue weighted by Crippen LogP contribution is 2.30. The summed E-state index contributed by atoms with van der Waals surface area (Å²) in [7, 11) is 0. The van der Waals surface area contributed by atoms with E-state index in [-0.39, 0.29) is 5.91 Å². The number of carbonyl (C=O) groups excluding carboxylic acids is 1. The predicted octanol–water partition coefficient (Wildman–Crippen LogP) is 4.23. The molecule has 0 aliphatic heterocycles. The van der Waals surface area contributed by atoms with Gasteiger partial charge in [-0.25, -0.2) is 0 Å². The number of ether oxygens (including phenoxy) is 1. The van der Waals surface area contributed by atoms with Crippen LogP contribution >= 0.6 is 23.2 Å². The van der Waals surface area contributed by atoms with Crippen LogP contribution in [-0.4, -0.2) is 12.5 Å². The molecule has 0 spiro atoms. The summed E-state index contributed by atoms with van der Waals surface area (Å²) >= 11 is 12.0. The first kappa shape index (κ1) is 15.5. The molecule has 0 saturated carbocycles. The lowest BCUT2D eigenvalue weighted by molar-refractivity contribution is 0.102. The lowest BCUT2D eigenvalue weighted by Crippen LogP contribution is -2.13. The molecule has 0 aromatic heterocycles. The van der Waals surface area contributed by atoms with Gasteiger partial charge in [-0.3, -0.25) is 4.79 Å². The molecule has 0 heterocycles. The second-order valence-corrected chi connectivity index (χ2v) is 5.05. The molecule has 0 radical (unpaired) electrons. The van der Waals surface area contributed by atoms with E-state index in [1.807, 2.05) is 6.92 Å². The van der Waals surface area contributed by atoms with Crippen LogP contribution in [-0.2, 0) is 0 Å². The van der Waals surface area contributed by atoms with Crippen molar-refractivity contribution in [2.24, 2.45) is 0 Å². The van der Waals surface area contributed by atoms with Gasteiger partial charge in [0.25, 0.3) is 5.91 Å². The van der Waals surface area contributed by atoms with E-state index in [0.717, 1.165) is 0 Å². The van der Waals surface area contributed by atoms with Gasteiger partial charge in [0.2, 0.25) is 0 Å². The maximum absolute atomic E-state index is 12.2. The Bertz CT molecular complexity index is 654. The summed E-state index contributed by atoms with van der Waals surface area (Å²) < 4.78 is 5.33. The molecule has 21 heavy (non-hydrogen) atoms. The summed E-state index contributed by atoms with van der Waals surface area (Å²) in [5.74, 6) is 0.199. The first-order chi connectivity index (χ1) is 10.0. The number of anilines is 2. The van der Waals surface area contributed by atoms with E-state index >= 15 is 0 Å². The molecule has 0 fully saturated rings. The molecular weight excluding hydrogens is 311 g/mol. The van der Waals surface area contributed by atoms with Crippen molar-refractivity contribution in [2.45, 2.75) is 6.92 Å². The molecule has 0 bridgehead atoms. The fraction of sp³-hybridized carbons (Fsp3) is 0.133. The Hall–Kier alpha value is -1.91. The summed E-state index contributed by atoms with van der Waals surface area (Å²) in [4.78, 5) is 12.2. The van der Waals surface area contributed by atoms with Gasteiger partial charge in [-0.05, 0) is 37.3 Å². The highest BCUT2D eigenvalue weighted by molar-refractivity contribution is 6.40. The van der Waals surface area contributed by atoms with Crippen LogP contribution in [0.5, 0.6) is 5.75 Å². The van der Waals surface area contributed by atoms with Gasteiger partial charge in [-0.1, -0.05) is 29.3 Å². The first-order valence-electron chi connectivity index (χ1n) is 6.30. The van der Waals surface area contributed by atoms with Crippen molar-refractivity contribution >= 4 is 40.5 Å². The summed E-state index contributed by atoms with van der Waals surface area (Å²) in [6.07, 6.45) is 0. The number of hydrogen-bond donors (Lipinski definition) is 2. The lowest BCUT2D eigenvalue weighted by Gasteiger charge is -2.11. The summed E-state index contributed by atoms with van der Waals surface area (Å²) in [5, 5.41) is 3.41. The van der Waals surface area contributed by atoms with Gasteiger partial charge < -0.3 is 15.8 Å². The third-order valence-electron chi connectivity index (χ3n) is 2.77. The van der Waals surface area contributed by atoms with Gasteiger partial charge in [0.1, 0.15) is 5.75 Å². The summed E-state index contributed by atoms with van der Waals surface area (Å²) in [5.41, 5.74) is 7.01. The second-order valence-electron chi connectivity index (χ2n) is 4.24. The van der Waals surface area contributed by atoms with E-state index in [1.54, 1.807) is 36.4 Å². The van der Waals surface area contributed by atoms with Crippen molar-refractivity contribution in [1.29, 1.82) is 0 Å². The zero-order valence-electron chi connectivity index (χ0n) is 11.3. The van der Waals surface area contributed by atoms with Crippen molar-refractivity contribution in [3.63, 3.8) is 0 Å².